The third kappa shape index (κ3) is 3.95. The van der Waals surface area contributed by atoms with E-state index in [1.807, 2.05) is 23.1 Å². The van der Waals surface area contributed by atoms with Crippen molar-refractivity contribution in [1.82, 2.24) is 10.2 Å². The molecule has 0 aromatic heterocycles. The van der Waals surface area contributed by atoms with Gasteiger partial charge in [0.05, 0.1) is 26.9 Å². The number of para-hydroxylation sites is 1. The molecular weight excluding hydrogens is 296 g/mol. The fourth-order valence-corrected chi connectivity index (χ4v) is 3.03. The number of hydrogen-bond acceptors (Lipinski definition) is 5. The van der Waals surface area contributed by atoms with Crippen molar-refractivity contribution in [2.24, 2.45) is 0 Å². The number of morpholine rings is 1. The second-order valence-corrected chi connectivity index (χ2v) is 5.90. The first-order chi connectivity index (χ1) is 11.3. The number of rotatable bonds is 3. The number of methoxy groups -OCH3 is 1. The average Bonchev–Trinajstić information content (AvgIpc) is 2.55. The molecule has 1 fully saturated rings. The molecule has 1 amide bonds. The summed E-state index contributed by atoms with van der Waals surface area (Å²) in [6, 6.07) is 5.92. The molecule has 2 aliphatic rings. The predicted molar refractivity (Wildman–Crippen MR) is 85.7 cm³/mol. The lowest BCUT2D eigenvalue weighted by Crippen LogP contribution is -2.45. The number of carbonyl (C=O) groups excluding carboxylic acids is 1. The number of nitrogens with one attached hydrogen (secondary N) is 1. The molecule has 0 aliphatic carbocycles. The van der Waals surface area contributed by atoms with Crippen molar-refractivity contribution in [1.29, 1.82) is 0 Å². The first-order valence-corrected chi connectivity index (χ1v) is 8.15. The number of fused-ring (bicyclic) bond motifs is 1. The molecule has 23 heavy (non-hydrogen) atoms. The van der Waals surface area contributed by atoms with E-state index in [1.165, 1.54) is 0 Å². The Morgan fingerprint density at radius 1 is 1.43 bits per heavy atom. The van der Waals surface area contributed by atoms with E-state index in [9.17, 15) is 4.79 Å². The predicted octanol–water partition coefficient (Wildman–Crippen LogP) is 1.18. The molecular formula is C17H24N2O4. The zero-order valence-corrected chi connectivity index (χ0v) is 13.5. The Balaban J connectivity index is 1.71. The van der Waals surface area contributed by atoms with Crippen LogP contribution in [0.2, 0.25) is 0 Å². The number of hydrogen-bond donors (Lipinski definition) is 1. The van der Waals surface area contributed by atoms with Crippen LogP contribution in [0.5, 0.6) is 11.5 Å². The highest BCUT2D eigenvalue weighted by atomic mass is 16.5. The molecule has 0 spiro atoms. The van der Waals surface area contributed by atoms with Crippen LogP contribution in [0, 0.1) is 0 Å². The van der Waals surface area contributed by atoms with Gasteiger partial charge in [0.25, 0.3) is 0 Å². The molecule has 2 aliphatic heterocycles. The fraction of sp³-hybridized carbons (Fsp3) is 0.588. The van der Waals surface area contributed by atoms with Gasteiger partial charge in [-0.05, 0) is 12.5 Å². The van der Waals surface area contributed by atoms with Crippen LogP contribution in [0.4, 0.5) is 0 Å². The molecule has 6 nitrogen and oxygen atoms in total. The van der Waals surface area contributed by atoms with E-state index in [2.05, 4.69) is 5.32 Å². The van der Waals surface area contributed by atoms with Crippen molar-refractivity contribution in [3.05, 3.63) is 23.8 Å². The van der Waals surface area contributed by atoms with E-state index in [0.29, 0.717) is 32.7 Å². The van der Waals surface area contributed by atoms with Gasteiger partial charge in [-0.3, -0.25) is 4.79 Å². The molecule has 2 heterocycles. The number of carbonyl (C=O) groups is 1. The normalized spacial score (nSPS) is 21.6. The molecule has 1 atom stereocenters. The molecule has 1 aromatic carbocycles. The van der Waals surface area contributed by atoms with Crippen LogP contribution in [-0.4, -0.2) is 56.9 Å². The topological polar surface area (TPSA) is 60.0 Å². The van der Waals surface area contributed by atoms with Gasteiger partial charge in [0, 0.05) is 37.7 Å². The lowest BCUT2D eigenvalue weighted by atomic mass is 10.1. The van der Waals surface area contributed by atoms with Crippen LogP contribution >= 0.6 is 0 Å². The number of benzene rings is 1. The minimum absolute atomic E-state index is 0.114. The Hall–Kier alpha value is -1.79. The van der Waals surface area contributed by atoms with Gasteiger partial charge in [-0.1, -0.05) is 12.1 Å². The minimum Gasteiger partial charge on any atom is -0.493 e. The molecule has 126 valence electrons. The summed E-state index contributed by atoms with van der Waals surface area (Å²) in [4.78, 5) is 14.6. The molecule has 6 heteroatoms. The van der Waals surface area contributed by atoms with E-state index in [1.54, 1.807) is 7.11 Å². The third-order valence-electron chi connectivity index (χ3n) is 4.23. The zero-order chi connectivity index (χ0) is 16.1. The fourth-order valence-electron chi connectivity index (χ4n) is 3.03. The Labute approximate surface area is 136 Å². The summed E-state index contributed by atoms with van der Waals surface area (Å²) in [5.41, 5.74) is 0.991. The van der Waals surface area contributed by atoms with Gasteiger partial charge >= 0.3 is 0 Å². The van der Waals surface area contributed by atoms with Gasteiger partial charge in [-0.25, -0.2) is 0 Å². The first-order valence-electron chi connectivity index (χ1n) is 8.15. The molecule has 0 radical (unpaired) electrons. The smallest absolute Gasteiger partial charge is 0.224 e. The van der Waals surface area contributed by atoms with Crippen molar-refractivity contribution in [2.45, 2.75) is 25.4 Å². The Bertz CT molecular complexity index is 543. The quantitative estimate of drug-likeness (QED) is 0.906. The highest BCUT2D eigenvalue weighted by Gasteiger charge is 2.24. The second kappa shape index (κ2) is 7.66. The molecule has 1 N–H and O–H groups in total. The highest BCUT2D eigenvalue weighted by molar-refractivity contribution is 5.77. The van der Waals surface area contributed by atoms with E-state index >= 15 is 0 Å². The van der Waals surface area contributed by atoms with Crippen LogP contribution in [0.15, 0.2) is 18.2 Å². The van der Waals surface area contributed by atoms with Gasteiger partial charge in [0.2, 0.25) is 5.91 Å². The molecule has 3 rings (SSSR count). The monoisotopic (exact) mass is 320 g/mol. The molecule has 0 unspecified atom stereocenters. The minimum atomic E-state index is 0.114. The molecule has 0 saturated carbocycles. The van der Waals surface area contributed by atoms with Crippen molar-refractivity contribution < 1.29 is 19.0 Å². The third-order valence-corrected chi connectivity index (χ3v) is 4.23. The summed E-state index contributed by atoms with van der Waals surface area (Å²) in [5.74, 6) is 1.63. The standard InChI is InChI=1S/C17H24N2O4/c1-21-15-5-2-4-13-11-19(7-3-8-23-17(13)15)16(20)10-14-12-22-9-6-18-14/h2,4-5,14,18H,3,6-12H2,1H3/t14-/m0/s1. The Morgan fingerprint density at radius 2 is 2.35 bits per heavy atom. The van der Waals surface area contributed by atoms with E-state index in [-0.39, 0.29) is 11.9 Å². The van der Waals surface area contributed by atoms with Crippen molar-refractivity contribution in [2.75, 3.05) is 40.0 Å². The maximum absolute atomic E-state index is 12.7. The number of amides is 1. The van der Waals surface area contributed by atoms with Crippen molar-refractivity contribution >= 4 is 5.91 Å². The van der Waals surface area contributed by atoms with E-state index < -0.39 is 0 Å². The summed E-state index contributed by atoms with van der Waals surface area (Å²) >= 11 is 0. The van der Waals surface area contributed by atoms with Gasteiger partial charge in [-0.15, -0.1) is 0 Å². The first kappa shape index (κ1) is 16.1. The summed E-state index contributed by atoms with van der Waals surface area (Å²) in [7, 11) is 1.63. The molecule has 1 saturated heterocycles. The summed E-state index contributed by atoms with van der Waals surface area (Å²) < 4.78 is 16.6. The lowest BCUT2D eigenvalue weighted by molar-refractivity contribution is -0.133. The Morgan fingerprint density at radius 3 is 3.13 bits per heavy atom. The highest BCUT2D eigenvalue weighted by Crippen LogP contribution is 2.33. The summed E-state index contributed by atoms with van der Waals surface area (Å²) in [5, 5.41) is 3.34. The van der Waals surface area contributed by atoms with Gasteiger partial charge in [0.1, 0.15) is 0 Å². The summed E-state index contributed by atoms with van der Waals surface area (Å²) in [6.45, 7) is 3.99. The van der Waals surface area contributed by atoms with Gasteiger partial charge in [0.15, 0.2) is 11.5 Å². The summed E-state index contributed by atoms with van der Waals surface area (Å²) in [6.07, 6.45) is 1.29. The second-order valence-electron chi connectivity index (χ2n) is 5.90. The maximum atomic E-state index is 12.7. The average molecular weight is 320 g/mol. The van der Waals surface area contributed by atoms with E-state index in [4.69, 9.17) is 14.2 Å². The van der Waals surface area contributed by atoms with Crippen LogP contribution in [0.25, 0.3) is 0 Å². The number of nitrogens with zero attached hydrogens (tertiary/aromatic N) is 1. The van der Waals surface area contributed by atoms with Crippen molar-refractivity contribution in [3.63, 3.8) is 0 Å². The zero-order valence-electron chi connectivity index (χ0n) is 13.5. The number of ether oxygens (including phenoxy) is 3. The van der Waals surface area contributed by atoms with Crippen molar-refractivity contribution in [3.8, 4) is 11.5 Å². The molecule has 1 aromatic rings. The maximum Gasteiger partial charge on any atom is 0.224 e. The Kier molecular flexibility index (Phi) is 5.35. The molecule has 0 bridgehead atoms. The van der Waals surface area contributed by atoms with Crippen LogP contribution < -0.4 is 14.8 Å². The van der Waals surface area contributed by atoms with Crippen LogP contribution in [-0.2, 0) is 16.1 Å². The van der Waals surface area contributed by atoms with Gasteiger partial charge < -0.3 is 24.4 Å². The van der Waals surface area contributed by atoms with Crippen LogP contribution in [0.1, 0.15) is 18.4 Å². The van der Waals surface area contributed by atoms with Crippen LogP contribution in [0.3, 0.4) is 0 Å². The SMILES string of the molecule is COc1cccc2c1OCCCN(C(=O)C[C@H]1COCCN1)C2. The lowest BCUT2D eigenvalue weighted by Gasteiger charge is -2.30. The van der Waals surface area contributed by atoms with Gasteiger partial charge in [-0.2, -0.15) is 0 Å². The largest absolute Gasteiger partial charge is 0.493 e. The van der Waals surface area contributed by atoms with E-state index in [0.717, 1.165) is 36.6 Å².